The van der Waals surface area contributed by atoms with Gasteiger partial charge in [-0.25, -0.2) is 10.1 Å². The molecule has 11 nitrogen and oxygen atoms in total. The predicted octanol–water partition coefficient (Wildman–Crippen LogP) is 7.85. The van der Waals surface area contributed by atoms with Crippen LogP contribution in [0.5, 0.6) is 17.2 Å². The summed E-state index contributed by atoms with van der Waals surface area (Å²) in [6.07, 6.45) is 5.14. The SMILES string of the molecule is COc1cc(/C=N/NC(=O)Cn2c(-c3ccccc3)cs/c2=N\N=C\c2cn(-c3ccccc3)nc2-c2ccc(-c3ccccc3)cc2)cc(OC)c1OC. The van der Waals surface area contributed by atoms with E-state index in [2.05, 4.69) is 57.1 Å². The number of rotatable bonds is 13. The number of hydrogen-bond acceptors (Lipinski definition) is 9. The van der Waals surface area contributed by atoms with Crippen LogP contribution in [0, 0.1) is 0 Å². The number of benzene rings is 5. The Balaban J connectivity index is 1.18. The molecule has 7 aromatic rings. The van der Waals surface area contributed by atoms with Gasteiger partial charge in [0, 0.05) is 28.3 Å². The lowest BCUT2D eigenvalue weighted by Crippen LogP contribution is -2.28. The highest BCUT2D eigenvalue weighted by Gasteiger charge is 2.15. The van der Waals surface area contributed by atoms with Gasteiger partial charge in [0.25, 0.3) is 5.91 Å². The number of ether oxygens (including phenoxy) is 3. The summed E-state index contributed by atoms with van der Waals surface area (Å²) in [5.74, 6) is 1.06. The van der Waals surface area contributed by atoms with Crippen LogP contribution >= 0.6 is 11.3 Å². The molecule has 2 heterocycles. The molecule has 0 aliphatic heterocycles. The van der Waals surface area contributed by atoms with Crippen LogP contribution in [0.25, 0.3) is 39.3 Å². The number of aromatic nitrogens is 3. The Morgan fingerprint density at radius 2 is 1.35 bits per heavy atom. The quantitative estimate of drug-likeness (QED) is 0.0953. The third-order valence-electron chi connectivity index (χ3n) is 8.63. The zero-order chi connectivity index (χ0) is 38.0. The van der Waals surface area contributed by atoms with Crippen molar-refractivity contribution >= 4 is 29.7 Å². The number of hydrogen-bond donors (Lipinski definition) is 1. The number of carbonyl (C=O) groups is 1. The van der Waals surface area contributed by atoms with Crippen LogP contribution in [0.4, 0.5) is 0 Å². The maximum Gasteiger partial charge on any atom is 0.260 e. The van der Waals surface area contributed by atoms with E-state index in [1.165, 1.54) is 38.9 Å². The summed E-state index contributed by atoms with van der Waals surface area (Å²) in [6.45, 7) is -0.0559. The van der Waals surface area contributed by atoms with Gasteiger partial charge in [-0.3, -0.25) is 4.79 Å². The maximum atomic E-state index is 13.3. The van der Waals surface area contributed by atoms with E-state index in [4.69, 9.17) is 19.3 Å². The molecule has 1 amide bonds. The Morgan fingerprint density at radius 1 is 0.745 bits per heavy atom. The van der Waals surface area contributed by atoms with Gasteiger partial charge in [0.2, 0.25) is 10.6 Å². The maximum absolute atomic E-state index is 13.3. The van der Waals surface area contributed by atoms with E-state index >= 15 is 0 Å². The molecule has 1 N–H and O–H groups in total. The number of para-hydroxylation sites is 1. The Hall–Kier alpha value is -7.05. The van der Waals surface area contributed by atoms with Crippen molar-refractivity contribution in [1.29, 1.82) is 0 Å². The molecule has 5 aromatic carbocycles. The first-order valence-electron chi connectivity index (χ1n) is 17.3. The van der Waals surface area contributed by atoms with E-state index in [0.29, 0.717) is 27.6 Å². The van der Waals surface area contributed by atoms with Gasteiger partial charge in [-0.15, -0.1) is 16.4 Å². The third-order valence-corrected chi connectivity index (χ3v) is 9.48. The van der Waals surface area contributed by atoms with Gasteiger partial charge in [0.1, 0.15) is 12.2 Å². The Bertz CT molecular complexity index is 2480. The minimum absolute atomic E-state index is 0.0559. The van der Waals surface area contributed by atoms with Crippen molar-refractivity contribution in [2.45, 2.75) is 6.54 Å². The minimum atomic E-state index is -0.352. The molecule has 7 rings (SSSR count). The lowest BCUT2D eigenvalue weighted by Gasteiger charge is -2.12. The highest BCUT2D eigenvalue weighted by Crippen LogP contribution is 2.37. The van der Waals surface area contributed by atoms with Gasteiger partial charge in [-0.05, 0) is 41.0 Å². The zero-order valence-corrected chi connectivity index (χ0v) is 31.2. The Labute approximate surface area is 322 Å². The van der Waals surface area contributed by atoms with Gasteiger partial charge in [0.15, 0.2) is 11.5 Å². The van der Waals surface area contributed by atoms with Crippen LogP contribution in [-0.4, -0.2) is 54.0 Å². The standard InChI is InChI=1S/C43H37N7O4S/c1-52-38-23-30(24-39(53-2)42(38)54-3)25-44-46-40(51)28-49-37(33-15-9-5-10-16-33)29-55-43(49)47-45-26-35-27-50(36-17-11-6-12-18-36)48-41(35)34-21-19-32(20-22-34)31-13-7-4-8-14-31/h4-27,29H,28H2,1-3H3,(H,46,51)/b44-25+,45-26+,47-43-. The Morgan fingerprint density at radius 3 is 1.98 bits per heavy atom. The molecule has 0 saturated heterocycles. The molecule has 12 heteroatoms. The van der Waals surface area contributed by atoms with Gasteiger partial charge in [-0.1, -0.05) is 103 Å². The van der Waals surface area contributed by atoms with E-state index in [1.54, 1.807) is 18.3 Å². The van der Waals surface area contributed by atoms with Gasteiger partial charge < -0.3 is 18.8 Å². The molecule has 274 valence electrons. The molecular formula is C43H37N7O4S. The highest BCUT2D eigenvalue weighted by molar-refractivity contribution is 7.07. The van der Waals surface area contributed by atoms with Crippen molar-refractivity contribution in [2.24, 2.45) is 15.3 Å². The van der Waals surface area contributed by atoms with Crippen LogP contribution in [0.1, 0.15) is 11.1 Å². The van der Waals surface area contributed by atoms with Gasteiger partial charge in [0.05, 0.1) is 45.1 Å². The fourth-order valence-electron chi connectivity index (χ4n) is 5.95. The first-order valence-corrected chi connectivity index (χ1v) is 18.2. The fourth-order valence-corrected chi connectivity index (χ4v) is 6.81. The van der Waals surface area contributed by atoms with E-state index in [1.807, 2.05) is 99.7 Å². The van der Waals surface area contributed by atoms with Crippen molar-refractivity contribution < 1.29 is 19.0 Å². The first kappa shape index (κ1) is 36.3. The number of carbonyl (C=O) groups excluding carboxylic acids is 1. The van der Waals surface area contributed by atoms with Crippen molar-refractivity contribution in [3.8, 4) is 56.6 Å². The summed E-state index contributed by atoms with van der Waals surface area (Å²) < 4.78 is 19.9. The second-order valence-electron chi connectivity index (χ2n) is 12.1. The summed E-state index contributed by atoms with van der Waals surface area (Å²) >= 11 is 1.39. The van der Waals surface area contributed by atoms with Gasteiger partial charge in [-0.2, -0.15) is 15.3 Å². The molecule has 0 fully saturated rings. The average Bonchev–Trinajstić information content (AvgIpc) is 3.85. The van der Waals surface area contributed by atoms with E-state index < -0.39 is 0 Å². The normalized spacial score (nSPS) is 11.7. The van der Waals surface area contributed by atoms with Crippen molar-refractivity contribution in [2.75, 3.05) is 21.3 Å². The van der Waals surface area contributed by atoms with Crippen LogP contribution in [-0.2, 0) is 11.3 Å². The monoisotopic (exact) mass is 747 g/mol. The Kier molecular flexibility index (Phi) is 11.3. The molecule has 0 bridgehead atoms. The molecule has 0 aliphatic carbocycles. The second-order valence-corrected chi connectivity index (χ2v) is 12.9. The number of nitrogens with zero attached hydrogens (tertiary/aromatic N) is 6. The smallest absolute Gasteiger partial charge is 0.260 e. The topological polar surface area (TPSA) is 117 Å². The molecule has 0 saturated carbocycles. The van der Waals surface area contributed by atoms with Gasteiger partial charge >= 0.3 is 0 Å². The number of hydrazone groups is 1. The lowest BCUT2D eigenvalue weighted by molar-refractivity contribution is -0.121. The summed E-state index contributed by atoms with van der Waals surface area (Å²) in [5, 5.41) is 20.3. The van der Waals surface area contributed by atoms with Crippen LogP contribution in [0.2, 0.25) is 0 Å². The molecule has 0 radical (unpaired) electrons. The number of methoxy groups -OCH3 is 3. The largest absolute Gasteiger partial charge is 0.493 e. The van der Waals surface area contributed by atoms with Crippen molar-refractivity contribution in [3.05, 3.63) is 155 Å². The minimum Gasteiger partial charge on any atom is -0.493 e. The second kappa shape index (κ2) is 17.2. The van der Waals surface area contributed by atoms with Crippen LogP contribution in [0.3, 0.4) is 0 Å². The van der Waals surface area contributed by atoms with E-state index in [0.717, 1.165) is 44.9 Å². The molecule has 2 aromatic heterocycles. The molecule has 0 spiro atoms. The lowest BCUT2D eigenvalue weighted by atomic mass is 10.0. The molecule has 0 unspecified atom stereocenters. The van der Waals surface area contributed by atoms with Crippen LogP contribution < -0.4 is 24.4 Å². The average molecular weight is 748 g/mol. The predicted molar refractivity (Wildman–Crippen MR) is 217 cm³/mol. The zero-order valence-electron chi connectivity index (χ0n) is 30.4. The molecular weight excluding hydrogens is 711 g/mol. The summed E-state index contributed by atoms with van der Waals surface area (Å²) in [4.78, 5) is 13.9. The summed E-state index contributed by atoms with van der Waals surface area (Å²) in [5.41, 5.74) is 10.7. The molecule has 0 atom stereocenters. The third kappa shape index (κ3) is 8.45. The number of amides is 1. The van der Waals surface area contributed by atoms with Crippen molar-refractivity contribution in [3.63, 3.8) is 0 Å². The van der Waals surface area contributed by atoms with Crippen molar-refractivity contribution in [1.82, 2.24) is 19.8 Å². The number of nitrogens with one attached hydrogen (secondary N) is 1. The van der Waals surface area contributed by atoms with E-state index in [9.17, 15) is 4.79 Å². The van der Waals surface area contributed by atoms with E-state index in [-0.39, 0.29) is 12.5 Å². The van der Waals surface area contributed by atoms with Crippen LogP contribution in [0.15, 0.2) is 154 Å². The first-order chi connectivity index (χ1) is 27.0. The molecule has 55 heavy (non-hydrogen) atoms. The molecule has 0 aliphatic rings. The highest BCUT2D eigenvalue weighted by atomic mass is 32.1. The summed E-state index contributed by atoms with van der Waals surface area (Å²) in [7, 11) is 4.61. The summed E-state index contributed by atoms with van der Waals surface area (Å²) in [6, 6.07) is 41.8. The number of thiazole rings is 1. The fraction of sp³-hybridized carbons (Fsp3) is 0.0930.